The van der Waals surface area contributed by atoms with Crippen LogP contribution in [0.3, 0.4) is 0 Å². The van der Waals surface area contributed by atoms with Gasteiger partial charge >= 0.3 is 0 Å². The lowest BCUT2D eigenvalue weighted by molar-refractivity contribution is 0.265. The fourth-order valence-corrected chi connectivity index (χ4v) is 3.75. The monoisotopic (exact) mass is 293 g/mol. The predicted octanol–water partition coefficient (Wildman–Crippen LogP) is 3.71. The molecule has 0 radical (unpaired) electrons. The molecule has 0 bridgehead atoms. The Morgan fingerprint density at radius 3 is 3.14 bits per heavy atom. The van der Waals surface area contributed by atoms with Gasteiger partial charge in [-0.05, 0) is 46.8 Å². The molecule has 1 unspecified atom stereocenters. The summed E-state index contributed by atoms with van der Waals surface area (Å²) in [5.41, 5.74) is 0. The highest BCUT2D eigenvalue weighted by Gasteiger charge is 2.24. The largest absolute Gasteiger partial charge is 0.294 e. The number of nitrogens with zero attached hydrogens (tertiary/aromatic N) is 1. The van der Waals surface area contributed by atoms with Crippen molar-refractivity contribution in [3.8, 4) is 0 Å². The Morgan fingerprint density at radius 1 is 1.64 bits per heavy atom. The molecule has 1 nitrogen and oxygen atoms in total. The Labute approximate surface area is 102 Å². The maximum absolute atomic E-state index is 5.93. The Bertz CT molecular complexity index is 302. The van der Waals surface area contributed by atoms with E-state index in [1.165, 1.54) is 28.7 Å². The molecule has 0 aliphatic carbocycles. The SMILES string of the molecule is ClCC1CCCN1Cc1sccc1Br. The number of hydrogen-bond acceptors (Lipinski definition) is 2. The van der Waals surface area contributed by atoms with E-state index in [2.05, 4.69) is 32.3 Å². The van der Waals surface area contributed by atoms with Gasteiger partial charge in [-0.15, -0.1) is 22.9 Å². The summed E-state index contributed by atoms with van der Waals surface area (Å²) in [6.07, 6.45) is 2.55. The lowest BCUT2D eigenvalue weighted by Crippen LogP contribution is -2.29. The van der Waals surface area contributed by atoms with Gasteiger partial charge in [0.05, 0.1) is 0 Å². The van der Waals surface area contributed by atoms with Crippen LogP contribution in [0.25, 0.3) is 0 Å². The van der Waals surface area contributed by atoms with Gasteiger partial charge in [0.25, 0.3) is 0 Å². The van der Waals surface area contributed by atoms with Gasteiger partial charge in [0.1, 0.15) is 0 Å². The minimum absolute atomic E-state index is 0.589. The van der Waals surface area contributed by atoms with E-state index in [0.717, 1.165) is 12.4 Å². The third-order valence-electron chi connectivity index (χ3n) is 2.71. The summed E-state index contributed by atoms with van der Waals surface area (Å²) in [5, 5.41) is 2.13. The number of thiophene rings is 1. The van der Waals surface area contributed by atoms with E-state index in [0.29, 0.717) is 6.04 Å². The van der Waals surface area contributed by atoms with Crippen molar-refractivity contribution in [2.45, 2.75) is 25.4 Å². The number of rotatable bonds is 3. The van der Waals surface area contributed by atoms with E-state index in [4.69, 9.17) is 11.6 Å². The second-order valence-electron chi connectivity index (χ2n) is 3.61. The summed E-state index contributed by atoms with van der Waals surface area (Å²) in [6, 6.07) is 2.71. The van der Waals surface area contributed by atoms with Crippen molar-refractivity contribution >= 4 is 38.9 Å². The summed E-state index contributed by atoms with van der Waals surface area (Å²) >= 11 is 11.3. The zero-order chi connectivity index (χ0) is 9.97. The zero-order valence-electron chi connectivity index (χ0n) is 7.88. The first-order chi connectivity index (χ1) is 6.81. The molecular weight excluding hydrogens is 282 g/mol. The molecule has 14 heavy (non-hydrogen) atoms. The van der Waals surface area contributed by atoms with E-state index >= 15 is 0 Å². The van der Waals surface area contributed by atoms with Gasteiger partial charge in [0.15, 0.2) is 0 Å². The first kappa shape index (κ1) is 10.9. The van der Waals surface area contributed by atoms with Crippen molar-refractivity contribution < 1.29 is 0 Å². The summed E-state index contributed by atoms with van der Waals surface area (Å²) in [5.74, 6) is 0.767. The Balaban J connectivity index is 2.00. The van der Waals surface area contributed by atoms with Gasteiger partial charge in [0.2, 0.25) is 0 Å². The molecule has 78 valence electrons. The normalized spacial score (nSPS) is 23.1. The van der Waals surface area contributed by atoms with Crippen molar-refractivity contribution in [1.82, 2.24) is 4.90 Å². The van der Waals surface area contributed by atoms with Gasteiger partial charge in [0, 0.05) is 27.8 Å². The average molecular weight is 295 g/mol. The summed E-state index contributed by atoms with van der Waals surface area (Å²) in [7, 11) is 0. The van der Waals surface area contributed by atoms with E-state index in [-0.39, 0.29) is 0 Å². The molecule has 0 spiro atoms. The van der Waals surface area contributed by atoms with Gasteiger partial charge in [-0.2, -0.15) is 0 Å². The smallest absolute Gasteiger partial charge is 0.0379 e. The highest BCUT2D eigenvalue weighted by molar-refractivity contribution is 9.10. The van der Waals surface area contributed by atoms with Crippen LogP contribution >= 0.6 is 38.9 Å². The van der Waals surface area contributed by atoms with Crippen LogP contribution < -0.4 is 0 Å². The van der Waals surface area contributed by atoms with E-state index < -0.39 is 0 Å². The molecule has 0 saturated carbocycles. The number of hydrogen-bond donors (Lipinski definition) is 0. The Hall–Kier alpha value is 0.430. The molecule has 1 aliphatic rings. The second kappa shape index (κ2) is 4.97. The molecular formula is C10H13BrClNS. The Kier molecular flexibility index (Phi) is 3.88. The van der Waals surface area contributed by atoms with Crippen LogP contribution in [-0.4, -0.2) is 23.4 Å². The topological polar surface area (TPSA) is 3.24 Å². The van der Waals surface area contributed by atoms with Crippen molar-refractivity contribution in [2.24, 2.45) is 0 Å². The molecule has 1 aliphatic heterocycles. The number of likely N-dealkylation sites (tertiary alicyclic amines) is 1. The minimum Gasteiger partial charge on any atom is -0.294 e. The predicted molar refractivity (Wildman–Crippen MR) is 66.2 cm³/mol. The fourth-order valence-electron chi connectivity index (χ4n) is 1.90. The molecule has 0 aromatic carbocycles. The molecule has 1 aromatic heterocycles. The summed E-state index contributed by atoms with van der Waals surface area (Å²) in [6.45, 7) is 2.25. The molecule has 2 heterocycles. The van der Waals surface area contributed by atoms with Gasteiger partial charge < -0.3 is 0 Å². The average Bonchev–Trinajstić information content (AvgIpc) is 2.77. The van der Waals surface area contributed by atoms with Crippen LogP contribution in [0.5, 0.6) is 0 Å². The maximum Gasteiger partial charge on any atom is 0.0379 e. The summed E-state index contributed by atoms with van der Waals surface area (Å²) in [4.78, 5) is 3.91. The lowest BCUT2D eigenvalue weighted by atomic mass is 10.2. The van der Waals surface area contributed by atoms with Crippen LogP contribution in [0.15, 0.2) is 15.9 Å². The molecule has 4 heteroatoms. The molecule has 0 N–H and O–H groups in total. The van der Waals surface area contributed by atoms with Crippen LogP contribution in [0, 0.1) is 0 Å². The van der Waals surface area contributed by atoms with Crippen molar-refractivity contribution in [3.63, 3.8) is 0 Å². The van der Waals surface area contributed by atoms with E-state index in [9.17, 15) is 0 Å². The van der Waals surface area contributed by atoms with Gasteiger partial charge in [-0.25, -0.2) is 0 Å². The number of halogens is 2. The molecule has 1 aromatic rings. The van der Waals surface area contributed by atoms with Crippen LogP contribution in [0.1, 0.15) is 17.7 Å². The summed E-state index contributed by atoms with van der Waals surface area (Å²) < 4.78 is 1.24. The van der Waals surface area contributed by atoms with Crippen molar-refractivity contribution in [1.29, 1.82) is 0 Å². The van der Waals surface area contributed by atoms with E-state index in [1.54, 1.807) is 0 Å². The van der Waals surface area contributed by atoms with Crippen LogP contribution in [0.2, 0.25) is 0 Å². The molecule has 2 rings (SSSR count). The standard InChI is InChI=1S/C10H13BrClNS/c11-9-3-5-14-10(9)7-13-4-1-2-8(13)6-12/h3,5,8H,1-2,4,6-7H2. The first-order valence-electron chi connectivity index (χ1n) is 4.83. The first-order valence-corrected chi connectivity index (χ1v) is 7.04. The second-order valence-corrected chi connectivity index (χ2v) is 5.78. The molecule has 0 amide bonds. The van der Waals surface area contributed by atoms with E-state index in [1.807, 2.05) is 11.3 Å². The van der Waals surface area contributed by atoms with Gasteiger partial charge in [-0.1, -0.05) is 0 Å². The maximum atomic E-state index is 5.93. The Morgan fingerprint density at radius 2 is 2.50 bits per heavy atom. The zero-order valence-corrected chi connectivity index (χ0v) is 11.0. The highest BCUT2D eigenvalue weighted by atomic mass is 79.9. The van der Waals surface area contributed by atoms with Crippen LogP contribution in [-0.2, 0) is 6.54 Å². The molecule has 1 atom stereocenters. The van der Waals surface area contributed by atoms with Crippen molar-refractivity contribution in [3.05, 3.63) is 20.8 Å². The molecule has 1 fully saturated rings. The van der Waals surface area contributed by atoms with Crippen molar-refractivity contribution in [2.75, 3.05) is 12.4 Å². The minimum atomic E-state index is 0.589. The molecule has 1 saturated heterocycles. The third-order valence-corrected chi connectivity index (χ3v) is 4.98. The fraction of sp³-hybridized carbons (Fsp3) is 0.600. The lowest BCUT2D eigenvalue weighted by Gasteiger charge is -2.21. The highest BCUT2D eigenvalue weighted by Crippen LogP contribution is 2.28. The van der Waals surface area contributed by atoms with Gasteiger partial charge in [-0.3, -0.25) is 4.90 Å². The quantitative estimate of drug-likeness (QED) is 0.768. The van der Waals surface area contributed by atoms with Crippen LogP contribution in [0.4, 0.5) is 0 Å². The number of alkyl halides is 1. The third kappa shape index (κ3) is 2.32.